The first-order chi connectivity index (χ1) is 15.6. The van der Waals surface area contributed by atoms with Crippen molar-refractivity contribution in [2.75, 3.05) is 49.3 Å². The lowest BCUT2D eigenvalue weighted by Crippen LogP contribution is -2.31. The van der Waals surface area contributed by atoms with Gasteiger partial charge in [0.15, 0.2) is 11.6 Å². The Morgan fingerprint density at radius 1 is 1.33 bits per heavy atom. The average molecular weight is 451 g/mol. The number of nitriles is 1. The van der Waals surface area contributed by atoms with Crippen LogP contribution in [-0.4, -0.2) is 55.6 Å². The molecule has 176 valence electrons. The first-order valence-corrected chi connectivity index (χ1v) is 11.2. The quantitative estimate of drug-likeness (QED) is 0.508. The summed E-state index contributed by atoms with van der Waals surface area (Å²) in [5.74, 6) is 1.29. The zero-order chi connectivity index (χ0) is 24.2. The lowest BCUT2D eigenvalue weighted by molar-refractivity contribution is 0.0963. The van der Waals surface area contributed by atoms with E-state index in [1.165, 1.54) is 0 Å². The number of aromatic nitrogens is 2. The van der Waals surface area contributed by atoms with E-state index < -0.39 is 0 Å². The summed E-state index contributed by atoms with van der Waals surface area (Å²) >= 11 is 0. The predicted octanol–water partition coefficient (Wildman–Crippen LogP) is 3.02. The third kappa shape index (κ3) is 6.11. The molecule has 1 saturated heterocycles. The Kier molecular flexibility index (Phi) is 7.39. The molecule has 9 nitrogen and oxygen atoms in total. The van der Waals surface area contributed by atoms with Crippen LogP contribution in [0.1, 0.15) is 48.7 Å². The summed E-state index contributed by atoms with van der Waals surface area (Å²) in [7, 11) is 3.54. The van der Waals surface area contributed by atoms with Crippen LogP contribution in [0.15, 0.2) is 18.2 Å². The normalized spacial score (nSPS) is 15.6. The van der Waals surface area contributed by atoms with E-state index in [0.29, 0.717) is 35.3 Å². The van der Waals surface area contributed by atoms with Crippen molar-refractivity contribution in [2.45, 2.75) is 40.2 Å². The molecule has 0 bridgehead atoms. The van der Waals surface area contributed by atoms with Gasteiger partial charge in [0.05, 0.1) is 0 Å². The number of carbonyl (C=O) groups excluding carboxylic acids is 1. The molecule has 0 aliphatic carbocycles. The smallest absolute Gasteiger partial charge is 0.251 e. The van der Waals surface area contributed by atoms with Gasteiger partial charge in [0.1, 0.15) is 11.6 Å². The van der Waals surface area contributed by atoms with Crippen LogP contribution < -0.4 is 26.2 Å². The maximum absolute atomic E-state index is 12.1. The SMILES string of the molecule is CNC(=O)c1ccc(C)c(Nc2nc(N[C@@H]3CCNC3)c(C#N)c(N(C)CC(C)(C)C)n2)c1. The molecule has 1 aliphatic heterocycles. The predicted molar refractivity (Wildman–Crippen MR) is 132 cm³/mol. The van der Waals surface area contributed by atoms with Crippen molar-refractivity contribution in [3.8, 4) is 6.07 Å². The van der Waals surface area contributed by atoms with Gasteiger partial charge in [-0.05, 0) is 43.0 Å². The largest absolute Gasteiger partial charge is 0.365 e. The monoisotopic (exact) mass is 450 g/mol. The number of rotatable bonds is 7. The number of aryl methyl sites for hydroxylation is 1. The van der Waals surface area contributed by atoms with Gasteiger partial charge in [0.25, 0.3) is 5.91 Å². The van der Waals surface area contributed by atoms with E-state index >= 15 is 0 Å². The number of nitrogens with zero attached hydrogens (tertiary/aromatic N) is 4. The van der Waals surface area contributed by atoms with Crippen molar-refractivity contribution in [3.05, 3.63) is 34.9 Å². The molecule has 1 fully saturated rings. The molecule has 9 heteroatoms. The highest BCUT2D eigenvalue weighted by Gasteiger charge is 2.24. The minimum atomic E-state index is -0.166. The number of hydrogen-bond acceptors (Lipinski definition) is 8. The second-order valence-electron chi connectivity index (χ2n) is 9.69. The highest BCUT2D eigenvalue weighted by atomic mass is 16.1. The Labute approximate surface area is 196 Å². The van der Waals surface area contributed by atoms with E-state index in [9.17, 15) is 10.1 Å². The van der Waals surface area contributed by atoms with Crippen LogP contribution in [-0.2, 0) is 0 Å². The number of carbonyl (C=O) groups is 1. The minimum Gasteiger partial charge on any atom is -0.365 e. The summed E-state index contributed by atoms with van der Waals surface area (Å²) in [5, 5.41) is 22.7. The Morgan fingerprint density at radius 3 is 2.70 bits per heavy atom. The molecule has 0 spiro atoms. The zero-order valence-corrected chi connectivity index (χ0v) is 20.3. The molecule has 33 heavy (non-hydrogen) atoms. The van der Waals surface area contributed by atoms with Gasteiger partial charge < -0.3 is 26.2 Å². The molecule has 1 aromatic carbocycles. The van der Waals surface area contributed by atoms with Crippen molar-refractivity contribution < 1.29 is 4.79 Å². The summed E-state index contributed by atoms with van der Waals surface area (Å²) in [6.45, 7) is 10.9. The molecule has 3 rings (SSSR count). The van der Waals surface area contributed by atoms with E-state index in [0.717, 1.165) is 30.8 Å². The first kappa shape index (κ1) is 24.3. The summed E-state index contributed by atoms with van der Waals surface area (Å²) in [6, 6.07) is 7.94. The van der Waals surface area contributed by atoms with Gasteiger partial charge in [0.2, 0.25) is 5.95 Å². The fraction of sp³-hybridized carbons (Fsp3) is 0.500. The van der Waals surface area contributed by atoms with Gasteiger partial charge in [-0.1, -0.05) is 26.8 Å². The van der Waals surface area contributed by atoms with Crippen molar-refractivity contribution in [2.24, 2.45) is 5.41 Å². The Morgan fingerprint density at radius 2 is 2.09 bits per heavy atom. The van der Waals surface area contributed by atoms with E-state index in [1.54, 1.807) is 19.2 Å². The van der Waals surface area contributed by atoms with E-state index in [-0.39, 0.29) is 17.4 Å². The van der Waals surface area contributed by atoms with Crippen LogP contribution in [0.25, 0.3) is 0 Å². The van der Waals surface area contributed by atoms with Crippen LogP contribution >= 0.6 is 0 Å². The fourth-order valence-corrected chi connectivity index (χ4v) is 3.91. The Hall–Kier alpha value is -3.38. The van der Waals surface area contributed by atoms with E-state index in [4.69, 9.17) is 4.98 Å². The van der Waals surface area contributed by atoms with Crippen LogP contribution in [0.4, 0.5) is 23.3 Å². The second-order valence-corrected chi connectivity index (χ2v) is 9.69. The highest BCUT2D eigenvalue weighted by molar-refractivity contribution is 5.95. The molecule has 1 amide bonds. The molecule has 1 aliphatic rings. The zero-order valence-electron chi connectivity index (χ0n) is 20.3. The molecule has 4 N–H and O–H groups in total. The van der Waals surface area contributed by atoms with Gasteiger partial charge in [-0.2, -0.15) is 15.2 Å². The van der Waals surface area contributed by atoms with Crippen molar-refractivity contribution in [1.82, 2.24) is 20.6 Å². The molecule has 2 aromatic rings. The molecule has 0 unspecified atom stereocenters. The molecular formula is C24H34N8O. The standard InChI is InChI=1S/C24H34N8O/c1-15-7-8-16(22(33)26-5)11-19(15)29-23-30-20(28-17-9-10-27-13-17)18(12-25)21(31-23)32(6)14-24(2,3)4/h7-8,11,17,27H,9-10,13-14H2,1-6H3,(H,26,33)(H2,28,29,30,31)/t17-/m1/s1. The number of anilines is 4. The van der Waals surface area contributed by atoms with E-state index in [1.807, 2.05) is 24.9 Å². The Bertz CT molecular complexity index is 1050. The number of hydrogen-bond donors (Lipinski definition) is 4. The number of nitrogens with one attached hydrogen (secondary N) is 4. The third-order valence-corrected chi connectivity index (χ3v) is 5.45. The van der Waals surface area contributed by atoms with E-state index in [2.05, 4.69) is 53.1 Å². The lowest BCUT2D eigenvalue weighted by atomic mass is 9.96. The van der Waals surface area contributed by atoms with Gasteiger partial charge in [-0.15, -0.1) is 0 Å². The van der Waals surface area contributed by atoms with Gasteiger partial charge in [0, 0.05) is 44.5 Å². The summed E-state index contributed by atoms with van der Waals surface area (Å²) < 4.78 is 0. The average Bonchev–Trinajstić information content (AvgIpc) is 3.26. The number of amides is 1. The molecule has 2 heterocycles. The summed E-state index contributed by atoms with van der Waals surface area (Å²) in [4.78, 5) is 23.5. The molecular weight excluding hydrogens is 416 g/mol. The maximum Gasteiger partial charge on any atom is 0.251 e. The fourth-order valence-electron chi connectivity index (χ4n) is 3.91. The minimum absolute atomic E-state index is 0.0153. The van der Waals surface area contributed by atoms with Crippen LogP contribution in [0.5, 0.6) is 0 Å². The molecule has 0 radical (unpaired) electrons. The van der Waals surface area contributed by atoms with Crippen molar-refractivity contribution >= 4 is 29.2 Å². The molecule has 1 aromatic heterocycles. The van der Waals surface area contributed by atoms with Crippen molar-refractivity contribution in [3.63, 3.8) is 0 Å². The molecule has 1 atom stereocenters. The second kappa shape index (κ2) is 10.0. The third-order valence-electron chi connectivity index (χ3n) is 5.45. The summed E-state index contributed by atoms with van der Waals surface area (Å²) in [6.07, 6.45) is 0.956. The van der Waals surface area contributed by atoms with Crippen LogP contribution in [0.3, 0.4) is 0 Å². The maximum atomic E-state index is 12.1. The van der Waals surface area contributed by atoms with Gasteiger partial charge in [-0.3, -0.25) is 4.79 Å². The van der Waals surface area contributed by atoms with Gasteiger partial charge in [-0.25, -0.2) is 0 Å². The number of benzene rings is 1. The highest BCUT2D eigenvalue weighted by Crippen LogP contribution is 2.30. The first-order valence-electron chi connectivity index (χ1n) is 11.2. The Balaban J connectivity index is 2.04. The van der Waals surface area contributed by atoms with Crippen LogP contribution in [0, 0.1) is 23.7 Å². The van der Waals surface area contributed by atoms with Crippen LogP contribution in [0.2, 0.25) is 0 Å². The molecule has 0 saturated carbocycles. The topological polar surface area (TPSA) is 118 Å². The van der Waals surface area contributed by atoms with Gasteiger partial charge >= 0.3 is 0 Å². The van der Waals surface area contributed by atoms with Crippen molar-refractivity contribution in [1.29, 1.82) is 5.26 Å². The summed E-state index contributed by atoms with van der Waals surface area (Å²) in [5.41, 5.74) is 2.67. The lowest BCUT2D eigenvalue weighted by Gasteiger charge is -2.29.